The molecular weight excluding hydrogens is 318 g/mol. The molecule has 3 rings (SSSR count). The second-order valence-electron chi connectivity index (χ2n) is 5.79. The number of amides is 1. The van der Waals surface area contributed by atoms with Gasteiger partial charge in [0, 0.05) is 30.9 Å². The summed E-state index contributed by atoms with van der Waals surface area (Å²) in [6.45, 7) is 2.28. The molecular formula is C19H19N3O3. The molecule has 0 aliphatic rings. The number of hydrogen-bond donors (Lipinski definition) is 1. The van der Waals surface area contributed by atoms with E-state index in [1.54, 1.807) is 12.3 Å². The topological polar surface area (TPSA) is 77.1 Å². The van der Waals surface area contributed by atoms with Crippen molar-refractivity contribution in [3.8, 4) is 0 Å². The maximum atomic E-state index is 12.1. The zero-order valence-electron chi connectivity index (χ0n) is 13.9. The predicted molar refractivity (Wildman–Crippen MR) is 94.4 cm³/mol. The first-order valence-electron chi connectivity index (χ1n) is 8.06. The monoisotopic (exact) mass is 337 g/mol. The van der Waals surface area contributed by atoms with Crippen LogP contribution in [0.5, 0.6) is 0 Å². The first-order valence-corrected chi connectivity index (χ1v) is 8.06. The molecule has 0 unspecified atom stereocenters. The van der Waals surface area contributed by atoms with Crippen LogP contribution in [0.4, 0.5) is 5.69 Å². The summed E-state index contributed by atoms with van der Waals surface area (Å²) in [6.07, 6.45) is 4.06. The Morgan fingerprint density at radius 3 is 2.88 bits per heavy atom. The van der Waals surface area contributed by atoms with Crippen molar-refractivity contribution in [1.29, 1.82) is 0 Å². The summed E-state index contributed by atoms with van der Waals surface area (Å²) < 4.78 is 6.98. The van der Waals surface area contributed by atoms with Gasteiger partial charge < -0.3 is 9.73 Å². The number of aromatic nitrogens is 2. The SMILES string of the molecule is Cc1ccc(CCC(=O)Nc2cccc(Cn3cccnc3=O)c2)o1. The number of aryl methyl sites for hydroxylation is 2. The summed E-state index contributed by atoms with van der Waals surface area (Å²) in [6, 6.07) is 12.9. The number of carbonyl (C=O) groups is 1. The number of benzene rings is 1. The Labute approximate surface area is 145 Å². The van der Waals surface area contributed by atoms with Crippen LogP contribution in [-0.4, -0.2) is 15.5 Å². The van der Waals surface area contributed by atoms with Crippen molar-refractivity contribution in [2.75, 3.05) is 5.32 Å². The van der Waals surface area contributed by atoms with Crippen LogP contribution in [-0.2, 0) is 17.8 Å². The highest BCUT2D eigenvalue weighted by molar-refractivity contribution is 5.90. The van der Waals surface area contributed by atoms with Crippen molar-refractivity contribution in [1.82, 2.24) is 9.55 Å². The van der Waals surface area contributed by atoms with Crippen molar-refractivity contribution in [2.45, 2.75) is 26.3 Å². The molecule has 6 heteroatoms. The van der Waals surface area contributed by atoms with Crippen molar-refractivity contribution in [3.05, 3.63) is 82.4 Å². The summed E-state index contributed by atoms with van der Waals surface area (Å²) in [4.78, 5) is 27.5. The van der Waals surface area contributed by atoms with Crippen molar-refractivity contribution >= 4 is 11.6 Å². The average molecular weight is 337 g/mol. The van der Waals surface area contributed by atoms with E-state index in [-0.39, 0.29) is 11.6 Å². The molecule has 1 amide bonds. The minimum atomic E-state index is -0.300. The molecule has 6 nitrogen and oxygen atoms in total. The number of furan rings is 1. The number of hydrogen-bond acceptors (Lipinski definition) is 4. The fourth-order valence-corrected chi connectivity index (χ4v) is 2.53. The maximum absolute atomic E-state index is 12.1. The summed E-state index contributed by atoms with van der Waals surface area (Å²) in [5, 5.41) is 2.88. The third kappa shape index (κ3) is 4.67. The second kappa shape index (κ2) is 7.61. The van der Waals surface area contributed by atoms with Crippen LogP contribution in [0.1, 0.15) is 23.5 Å². The smallest absolute Gasteiger partial charge is 0.347 e. The van der Waals surface area contributed by atoms with Crippen LogP contribution in [0.15, 0.2) is 64.1 Å². The van der Waals surface area contributed by atoms with Gasteiger partial charge in [0.15, 0.2) is 0 Å². The van der Waals surface area contributed by atoms with Crippen LogP contribution >= 0.6 is 0 Å². The number of nitrogens with zero attached hydrogens (tertiary/aromatic N) is 2. The molecule has 1 aromatic carbocycles. The van der Waals surface area contributed by atoms with E-state index in [1.807, 2.05) is 43.3 Å². The number of carbonyl (C=O) groups excluding carboxylic acids is 1. The van der Waals surface area contributed by atoms with Gasteiger partial charge in [0.2, 0.25) is 5.91 Å². The highest BCUT2D eigenvalue weighted by Gasteiger charge is 2.06. The van der Waals surface area contributed by atoms with E-state index >= 15 is 0 Å². The Morgan fingerprint density at radius 1 is 1.24 bits per heavy atom. The van der Waals surface area contributed by atoms with Crippen LogP contribution in [0.2, 0.25) is 0 Å². The molecule has 0 saturated heterocycles. The fraction of sp³-hybridized carbons (Fsp3) is 0.211. The molecule has 25 heavy (non-hydrogen) atoms. The Morgan fingerprint density at radius 2 is 2.12 bits per heavy atom. The number of rotatable bonds is 6. The standard InChI is InChI=1S/C19H19N3O3/c1-14-6-7-17(25-14)8-9-18(23)21-16-5-2-4-15(12-16)13-22-11-3-10-20-19(22)24/h2-7,10-12H,8-9,13H2,1H3,(H,21,23). The van der Waals surface area contributed by atoms with Gasteiger partial charge in [0.1, 0.15) is 11.5 Å². The molecule has 0 aliphatic heterocycles. The molecule has 3 aromatic rings. The van der Waals surface area contributed by atoms with Crippen molar-refractivity contribution < 1.29 is 9.21 Å². The zero-order valence-corrected chi connectivity index (χ0v) is 13.9. The lowest BCUT2D eigenvalue weighted by atomic mass is 10.2. The maximum Gasteiger partial charge on any atom is 0.347 e. The molecule has 0 spiro atoms. The Kier molecular flexibility index (Phi) is 5.09. The Balaban J connectivity index is 1.60. The molecule has 0 aliphatic carbocycles. The van der Waals surface area contributed by atoms with Gasteiger partial charge in [-0.2, -0.15) is 0 Å². The molecule has 2 heterocycles. The summed E-state index contributed by atoms with van der Waals surface area (Å²) in [5.74, 6) is 1.57. The van der Waals surface area contributed by atoms with Gasteiger partial charge in [0.05, 0.1) is 6.54 Å². The van der Waals surface area contributed by atoms with Crippen LogP contribution in [0, 0.1) is 6.92 Å². The number of anilines is 1. The van der Waals surface area contributed by atoms with E-state index in [9.17, 15) is 9.59 Å². The zero-order chi connectivity index (χ0) is 17.6. The molecule has 2 aromatic heterocycles. The molecule has 0 radical (unpaired) electrons. The minimum Gasteiger partial charge on any atom is -0.466 e. The minimum absolute atomic E-state index is 0.0789. The highest BCUT2D eigenvalue weighted by atomic mass is 16.3. The van der Waals surface area contributed by atoms with Gasteiger partial charge in [-0.3, -0.25) is 9.36 Å². The highest BCUT2D eigenvalue weighted by Crippen LogP contribution is 2.13. The molecule has 1 N–H and O–H groups in total. The predicted octanol–water partition coefficient (Wildman–Crippen LogP) is 2.76. The van der Waals surface area contributed by atoms with Gasteiger partial charge >= 0.3 is 5.69 Å². The molecule has 0 bridgehead atoms. The van der Waals surface area contributed by atoms with Gasteiger partial charge in [0.25, 0.3) is 0 Å². The average Bonchev–Trinajstić information content (AvgIpc) is 3.01. The fourth-order valence-electron chi connectivity index (χ4n) is 2.53. The van der Waals surface area contributed by atoms with Gasteiger partial charge in [-0.05, 0) is 42.8 Å². The van der Waals surface area contributed by atoms with Gasteiger partial charge in [-0.1, -0.05) is 12.1 Å². The summed E-state index contributed by atoms with van der Waals surface area (Å²) in [5.41, 5.74) is 1.32. The molecule has 0 saturated carbocycles. The third-order valence-corrected chi connectivity index (χ3v) is 3.74. The van der Waals surface area contributed by atoms with E-state index in [1.165, 1.54) is 10.8 Å². The molecule has 128 valence electrons. The van der Waals surface area contributed by atoms with E-state index in [0.717, 1.165) is 17.1 Å². The summed E-state index contributed by atoms with van der Waals surface area (Å²) in [7, 11) is 0. The largest absolute Gasteiger partial charge is 0.466 e. The number of nitrogens with one attached hydrogen (secondary N) is 1. The third-order valence-electron chi connectivity index (χ3n) is 3.74. The van der Waals surface area contributed by atoms with E-state index in [4.69, 9.17) is 4.42 Å². The van der Waals surface area contributed by atoms with Crippen LogP contribution in [0.25, 0.3) is 0 Å². The lowest BCUT2D eigenvalue weighted by molar-refractivity contribution is -0.116. The van der Waals surface area contributed by atoms with E-state index in [2.05, 4.69) is 10.3 Å². The van der Waals surface area contributed by atoms with Crippen LogP contribution < -0.4 is 11.0 Å². The first kappa shape index (κ1) is 16.7. The van der Waals surface area contributed by atoms with Gasteiger partial charge in [-0.25, -0.2) is 9.78 Å². The Hall–Kier alpha value is -3.15. The molecule has 0 fully saturated rings. The van der Waals surface area contributed by atoms with Crippen molar-refractivity contribution in [3.63, 3.8) is 0 Å². The van der Waals surface area contributed by atoms with Crippen LogP contribution in [0.3, 0.4) is 0 Å². The van der Waals surface area contributed by atoms with E-state index < -0.39 is 0 Å². The molecule has 0 atom stereocenters. The lowest BCUT2D eigenvalue weighted by Crippen LogP contribution is -2.22. The summed E-state index contributed by atoms with van der Waals surface area (Å²) >= 11 is 0. The second-order valence-corrected chi connectivity index (χ2v) is 5.79. The van der Waals surface area contributed by atoms with Crippen molar-refractivity contribution in [2.24, 2.45) is 0 Å². The van der Waals surface area contributed by atoms with Gasteiger partial charge in [-0.15, -0.1) is 0 Å². The normalized spacial score (nSPS) is 10.6. The van der Waals surface area contributed by atoms with E-state index in [0.29, 0.717) is 25.1 Å². The lowest BCUT2D eigenvalue weighted by Gasteiger charge is -2.08. The quantitative estimate of drug-likeness (QED) is 0.750. The first-order chi connectivity index (χ1) is 12.1. The Bertz CT molecular complexity index is 927.